The van der Waals surface area contributed by atoms with E-state index in [0.717, 1.165) is 11.6 Å². The minimum Gasteiger partial charge on any atom is -0.504 e. The van der Waals surface area contributed by atoms with Crippen molar-refractivity contribution >= 4 is 9.84 Å². The van der Waals surface area contributed by atoms with E-state index >= 15 is 0 Å². The van der Waals surface area contributed by atoms with Crippen LogP contribution in [-0.2, 0) is 9.84 Å². The number of phenols is 2. The predicted octanol–water partition coefficient (Wildman–Crippen LogP) is 2.55. The van der Waals surface area contributed by atoms with Crippen LogP contribution in [0.15, 0.2) is 46.2 Å². The number of aryl methyl sites for hydroxylation is 2. The van der Waals surface area contributed by atoms with Crippen LogP contribution in [0.25, 0.3) is 0 Å². The second-order valence-electron chi connectivity index (χ2n) is 4.42. The Morgan fingerprint density at radius 3 is 2.00 bits per heavy atom. The zero-order valence-electron chi connectivity index (χ0n) is 10.6. The molecule has 0 aliphatic heterocycles. The summed E-state index contributed by atoms with van der Waals surface area (Å²) in [6.07, 6.45) is 0. The van der Waals surface area contributed by atoms with Crippen molar-refractivity contribution in [1.82, 2.24) is 0 Å². The lowest BCUT2D eigenvalue weighted by Gasteiger charge is -2.09. The molecule has 5 heteroatoms. The van der Waals surface area contributed by atoms with Gasteiger partial charge >= 0.3 is 0 Å². The lowest BCUT2D eigenvalue weighted by molar-refractivity contribution is 0.401. The van der Waals surface area contributed by atoms with Gasteiger partial charge in [0.15, 0.2) is 11.5 Å². The molecule has 0 unspecified atom stereocenters. The Labute approximate surface area is 111 Å². The van der Waals surface area contributed by atoms with Gasteiger partial charge in [-0.15, -0.1) is 0 Å². The summed E-state index contributed by atoms with van der Waals surface area (Å²) in [5.74, 6) is -0.781. The molecule has 0 heterocycles. The first-order chi connectivity index (χ1) is 8.82. The Bertz CT molecular complexity index is 716. The number of phenolic OH excluding ortho intramolecular Hbond substituents is 2. The average Bonchev–Trinajstić information content (AvgIpc) is 2.34. The van der Waals surface area contributed by atoms with Gasteiger partial charge in [0.05, 0.1) is 9.79 Å². The van der Waals surface area contributed by atoms with E-state index in [1.54, 1.807) is 19.1 Å². The molecule has 0 amide bonds. The smallest absolute Gasteiger partial charge is 0.206 e. The number of hydrogen-bond acceptors (Lipinski definition) is 4. The number of sulfone groups is 1. The van der Waals surface area contributed by atoms with Gasteiger partial charge in [0.2, 0.25) is 9.84 Å². The van der Waals surface area contributed by atoms with Crippen molar-refractivity contribution in [2.24, 2.45) is 0 Å². The van der Waals surface area contributed by atoms with E-state index in [1.165, 1.54) is 18.2 Å². The Balaban J connectivity index is 2.63. The molecule has 0 atom stereocenters. The Hall–Kier alpha value is -2.01. The number of aromatic hydroxyl groups is 2. The fourth-order valence-electron chi connectivity index (χ4n) is 1.80. The molecule has 19 heavy (non-hydrogen) atoms. The molecule has 2 rings (SSSR count). The molecule has 0 saturated heterocycles. The van der Waals surface area contributed by atoms with E-state index in [1.807, 2.05) is 6.92 Å². The lowest BCUT2D eigenvalue weighted by Crippen LogP contribution is -2.04. The van der Waals surface area contributed by atoms with E-state index in [2.05, 4.69) is 0 Å². The van der Waals surface area contributed by atoms with Crippen LogP contribution in [0.4, 0.5) is 0 Å². The highest BCUT2D eigenvalue weighted by Crippen LogP contribution is 2.33. The Morgan fingerprint density at radius 2 is 1.42 bits per heavy atom. The van der Waals surface area contributed by atoms with E-state index in [-0.39, 0.29) is 15.5 Å². The summed E-state index contributed by atoms with van der Waals surface area (Å²) in [5.41, 5.74) is 1.35. The molecule has 2 aromatic carbocycles. The van der Waals surface area contributed by atoms with E-state index in [0.29, 0.717) is 5.56 Å². The molecule has 2 aromatic rings. The molecule has 100 valence electrons. The normalized spacial score (nSPS) is 11.5. The maximum absolute atomic E-state index is 12.4. The molecule has 0 aromatic heterocycles. The van der Waals surface area contributed by atoms with Crippen LogP contribution in [0, 0.1) is 13.8 Å². The monoisotopic (exact) mass is 278 g/mol. The van der Waals surface area contributed by atoms with Crippen LogP contribution in [0.5, 0.6) is 11.5 Å². The fourth-order valence-corrected chi connectivity index (χ4v) is 3.29. The summed E-state index contributed by atoms with van der Waals surface area (Å²) >= 11 is 0. The third kappa shape index (κ3) is 2.42. The van der Waals surface area contributed by atoms with E-state index in [9.17, 15) is 18.6 Å². The quantitative estimate of drug-likeness (QED) is 0.828. The summed E-state index contributed by atoms with van der Waals surface area (Å²) in [7, 11) is -3.70. The topological polar surface area (TPSA) is 74.6 Å². The Kier molecular flexibility index (Phi) is 3.24. The van der Waals surface area contributed by atoms with E-state index in [4.69, 9.17) is 0 Å². The second kappa shape index (κ2) is 4.59. The van der Waals surface area contributed by atoms with Crippen LogP contribution in [0.1, 0.15) is 11.1 Å². The van der Waals surface area contributed by atoms with Gasteiger partial charge < -0.3 is 10.2 Å². The summed E-state index contributed by atoms with van der Waals surface area (Å²) in [6.45, 7) is 3.44. The third-order valence-corrected chi connectivity index (χ3v) is 4.80. The van der Waals surface area contributed by atoms with Crippen LogP contribution < -0.4 is 0 Å². The molecule has 0 fully saturated rings. The molecule has 0 radical (unpaired) electrons. The van der Waals surface area contributed by atoms with E-state index < -0.39 is 15.6 Å². The van der Waals surface area contributed by atoms with Gasteiger partial charge in [0.25, 0.3) is 0 Å². The molecule has 4 nitrogen and oxygen atoms in total. The average molecular weight is 278 g/mol. The molecule has 2 N–H and O–H groups in total. The van der Waals surface area contributed by atoms with Crippen LogP contribution in [0.3, 0.4) is 0 Å². The molecular formula is C14H14O4S. The minimum absolute atomic E-state index is 0.00773. The highest BCUT2D eigenvalue weighted by atomic mass is 32.2. The maximum Gasteiger partial charge on any atom is 0.206 e. The number of rotatable bonds is 2. The van der Waals surface area contributed by atoms with Crippen LogP contribution in [-0.4, -0.2) is 18.6 Å². The van der Waals surface area contributed by atoms with Crippen molar-refractivity contribution in [2.45, 2.75) is 23.6 Å². The molecule has 0 aliphatic rings. The zero-order valence-corrected chi connectivity index (χ0v) is 11.4. The van der Waals surface area contributed by atoms with Gasteiger partial charge in [-0.3, -0.25) is 0 Å². The van der Waals surface area contributed by atoms with Crippen molar-refractivity contribution in [3.8, 4) is 11.5 Å². The summed E-state index contributed by atoms with van der Waals surface area (Å²) in [5, 5.41) is 18.8. The predicted molar refractivity (Wildman–Crippen MR) is 71.1 cm³/mol. The SMILES string of the molecule is Cc1ccc(S(=O)(=O)c2cc(O)c(O)cc2C)cc1. The Morgan fingerprint density at radius 1 is 0.895 bits per heavy atom. The zero-order chi connectivity index (χ0) is 14.2. The van der Waals surface area contributed by atoms with Gasteiger partial charge in [-0.05, 0) is 37.6 Å². The van der Waals surface area contributed by atoms with Crippen molar-refractivity contribution in [3.63, 3.8) is 0 Å². The standard InChI is InChI=1S/C14H14O4S/c1-9-3-5-11(6-4-9)19(17,18)14-8-13(16)12(15)7-10(14)2/h3-8,15-16H,1-2H3. The van der Waals surface area contributed by atoms with Gasteiger partial charge in [0.1, 0.15) is 0 Å². The van der Waals surface area contributed by atoms with Gasteiger partial charge in [-0.25, -0.2) is 8.42 Å². The summed E-state index contributed by atoms with van der Waals surface area (Å²) < 4.78 is 24.9. The van der Waals surface area contributed by atoms with Crippen LogP contribution in [0.2, 0.25) is 0 Å². The third-order valence-electron chi connectivity index (χ3n) is 2.89. The number of hydrogen-bond donors (Lipinski definition) is 2. The molecular weight excluding hydrogens is 264 g/mol. The van der Waals surface area contributed by atoms with Crippen molar-refractivity contribution in [3.05, 3.63) is 47.5 Å². The first-order valence-corrected chi connectivity index (χ1v) is 7.15. The molecule has 0 saturated carbocycles. The van der Waals surface area contributed by atoms with Gasteiger partial charge in [-0.2, -0.15) is 0 Å². The molecule has 0 aliphatic carbocycles. The summed E-state index contributed by atoms with van der Waals surface area (Å²) in [6, 6.07) is 8.77. The largest absolute Gasteiger partial charge is 0.504 e. The first-order valence-electron chi connectivity index (χ1n) is 5.66. The van der Waals surface area contributed by atoms with Gasteiger partial charge in [-0.1, -0.05) is 17.7 Å². The van der Waals surface area contributed by atoms with Crippen LogP contribution >= 0.6 is 0 Å². The second-order valence-corrected chi connectivity index (χ2v) is 6.34. The van der Waals surface area contributed by atoms with Crippen molar-refractivity contribution < 1.29 is 18.6 Å². The maximum atomic E-state index is 12.4. The first kappa shape index (κ1) is 13.4. The number of benzene rings is 2. The highest BCUT2D eigenvalue weighted by molar-refractivity contribution is 7.91. The van der Waals surface area contributed by atoms with Crippen molar-refractivity contribution in [2.75, 3.05) is 0 Å². The van der Waals surface area contributed by atoms with Crippen molar-refractivity contribution in [1.29, 1.82) is 0 Å². The minimum atomic E-state index is -3.70. The molecule has 0 bridgehead atoms. The summed E-state index contributed by atoms with van der Waals surface area (Å²) in [4.78, 5) is 0.151. The highest BCUT2D eigenvalue weighted by Gasteiger charge is 2.21. The van der Waals surface area contributed by atoms with Gasteiger partial charge in [0, 0.05) is 6.07 Å². The molecule has 0 spiro atoms. The fraction of sp³-hybridized carbons (Fsp3) is 0.143. The lowest BCUT2D eigenvalue weighted by atomic mass is 10.2.